The van der Waals surface area contributed by atoms with Crippen molar-refractivity contribution in [3.63, 3.8) is 0 Å². The van der Waals surface area contributed by atoms with Crippen LogP contribution in [0.15, 0.2) is 54.7 Å². The van der Waals surface area contributed by atoms with Crippen LogP contribution in [0.25, 0.3) is 0 Å². The molecule has 4 rings (SSSR count). The van der Waals surface area contributed by atoms with Gasteiger partial charge in [0, 0.05) is 11.8 Å². The van der Waals surface area contributed by atoms with Gasteiger partial charge in [-0.3, -0.25) is 0 Å². The van der Waals surface area contributed by atoms with Crippen LogP contribution in [0.2, 0.25) is 0 Å². The van der Waals surface area contributed by atoms with Gasteiger partial charge in [0.1, 0.15) is 0 Å². The summed E-state index contributed by atoms with van der Waals surface area (Å²) in [4.78, 5) is 0. The molecule has 2 aliphatic rings. The van der Waals surface area contributed by atoms with Crippen LogP contribution in [0.5, 0.6) is 0 Å². The van der Waals surface area contributed by atoms with Crippen molar-refractivity contribution < 1.29 is 4.58 Å². The molecule has 2 aromatic rings. The lowest BCUT2D eigenvalue weighted by atomic mass is 9.73. The van der Waals surface area contributed by atoms with Crippen molar-refractivity contribution in [3.8, 4) is 0 Å². The SMILES string of the molecule is CCCCc1cccc2c1CC[N+]1=C2c2ccccc2C(CC)(CC)C=C1. The molecule has 0 spiro atoms. The zero-order valence-corrected chi connectivity index (χ0v) is 17.1. The van der Waals surface area contributed by atoms with Gasteiger partial charge in [0.2, 0.25) is 5.71 Å². The van der Waals surface area contributed by atoms with Gasteiger partial charge in [0.05, 0.1) is 11.1 Å². The van der Waals surface area contributed by atoms with E-state index in [0.717, 1.165) is 25.8 Å². The predicted molar refractivity (Wildman–Crippen MR) is 115 cm³/mol. The van der Waals surface area contributed by atoms with Gasteiger partial charge in [0.25, 0.3) is 0 Å². The molecule has 0 fully saturated rings. The number of hydrogen-bond acceptors (Lipinski definition) is 0. The first-order chi connectivity index (χ1) is 13.2. The highest BCUT2D eigenvalue weighted by atomic mass is 15.0. The third kappa shape index (κ3) is 2.98. The monoisotopic (exact) mass is 358 g/mol. The number of benzene rings is 2. The maximum atomic E-state index is 2.51. The summed E-state index contributed by atoms with van der Waals surface area (Å²) in [5, 5.41) is 0. The number of nitrogens with zero attached hydrogens (tertiary/aromatic N) is 1. The molecular formula is C26H32N+. The van der Waals surface area contributed by atoms with E-state index in [2.05, 4.69) is 80.1 Å². The fourth-order valence-electron chi connectivity index (χ4n) is 5.01. The van der Waals surface area contributed by atoms with Gasteiger partial charge in [-0.15, -0.1) is 0 Å². The first-order valence-corrected chi connectivity index (χ1v) is 10.8. The predicted octanol–water partition coefficient (Wildman–Crippen LogP) is 6.02. The summed E-state index contributed by atoms with van der Waals surface area (Å²) in [6.07, 6.45) is 12.0. The maximum absolute atomic E-state index is 2.51. The quantitative estimate of drug-likeness (QED) is 0.575. The normalized spacial score (nSPS) is 17.1. The van der Waals surface area contributed by atoms with Gasteiger partial charge in [-0.2, -0.15) is 4.58 Å². The Morgan fingerprint density at radius 2 is 1.70 bits per heavy atom. The molecule has 2 aromatic carbocycles. The van der Waals surface area contributed by atoms with Gasteiger partial charge in [0.15, 0.2) is 12.7 Å². The second-order valence-corrected chi connectivity index (χ2v) is 8.06. The molecule has 140 valence electrons. The summed E-state index contributed by atoms with van der Waals surface area (Å²) in [6.45, 7) is 8.03. The number of unbranched alkanes of at least 4 members (excludes halogenated alkanes) is 1. The molecule has 0 radical (unpaired) electrons. The molecule has 0 bridgehead atoms. The fourth-order valence-corrected chi connectivity index (χ4v) is 5.01. The molecular weight excluding hydrogens is 326 g/mol. The number of hydrogen-bond donors (Lipinski definition) is 0. The van der Waals surface area contributed by atoms with E-state index in [-0.39, 0.29) is 5.41 Å². The van der Waals surface area contributed by atoms with E-state index >= 15 is 0 Å². The van der Waals surface area contributed by atoms with E-state index in [1.165, 1.54) is 41.7 Å². The van der Waals surface area contributed by atoms with Gasteiger partial charge < -0.3 is 0 Å². The van der Waals surface area contributed by atoms with Gasteiger partial charge in [-0.05, 0) is 60.6 Å². The number of allylic oxidation sites excluding steroid dienone is 1. The molecule has 0 aromatic heterocycles. The van der Waals surface area contributed by atoms with E-state index in [0.29, 0.717) is 0 Å². The molecule has 2 aliphatic heterocycles. The molecule has 0 aliphatic carbocycles. The third-order valence-corrected chi connectivity index (χ3v) is 6.77. The molecule has 2 heterocycles. The van der Waals surface area contributed by atoms with E-state index in [4.69, 9.17) is 0 Å². The summed E-state index contributed by atoms with van der Waals surface area (Å²) in [6, 6.07) is 16.1. The summed E-state index contributed by atoms with van der Waals surface area (Å²) in [5.74, 6) is 0. The van der Waals surface area contributed by atoms with Crippen molar-refractivity contribution in [3.05, 3.63) is 82.6 Å². The van der Waals surface area contributed by atoms with Gasteiger partial charge >= 0.3 is 0 Å². The van der Waals surface area contributed by atoms with E-state index < -0.39 is 0 Å². The van der Waals surface area contributed by atoms with Crippen LogP contribution < -0.4 is 0 Å². The summed E-state index contributed by atoms with van der Waals surface area (Å²) < 4.78 is 2.51. The first kappa shape index (κ1) is 18.2. The smallest absolute Gasteiger partial charge is 0.198 e. The van der Waals surface area contributed by atoms with Crippen molar-refractivity contribution in [2.75, 3.05) is 6.54 Å². The lowest BCUT2D eigenvalue weighted by molar-refractivity contribution is -0.457. The zero-order chi connectivity index (χ0) is 18.9. The molecule has 1 heteroatoms. The van der Waals surface area contributed by atoms with Crippen LogP contribution in [0.3, 0.4) is 0 Å². The number of fused-ring (bicyclic) bond motifs is 4. The molecule has 0 saturated heterocycles. The highest BCUT2D eigenvalue weighted by Crippen LogP contribution is 2.39. The topological polar surface area (TPSA) is 3.01 Å². The minimum Gasteiger partial charge on any atom is -0.198 e. The minimum atomic E-state index is 0.140. The largest absolute Gasteiger partial charge is 0.220 e. The average molecular weight is 359 g/mol. The zero-order valence-electron chi connectivity index (χ0n) is 17.1. The standard InChI is InChI=1S/C26H32N/c1-4-7-11-20-12-10-14-22-21(20)16-18-27-19-17-26(5-2,6-3)24-15-9-8-13-23(24)25(22)27/h8-10,12-15,17,19H,4-7,11,16,18H2,1-3H3/q+1. The Bertz CT molecular complexity index is 896. The lowest BCUT2D eigenvalue weighted by Crippen LogP contribution is -2.29. The van der Waals surface area contributed by atoms with Crippen LogP contribution in [0, 0.1) is 0 Å². The van der Waals surface area contributed by atoms with Gasteiger partial charge in [-0.1, -0.05) is 57.5 Å². The van der Waals surface area contributed by atoms with Crippen LogP contribution in [0.4, 0.5) is 0 Å². The first-order valence-electron chi connectivity index (χ1n) is 10.8. The van der Waals surface area contributed by atoms with Crippen molar-refractivity contribution in [2.24, 2.45) is 0 Å². The molecule has 0 N–H and O–H groups in total. The summed E-state index contributed by atoms with van der Waals surface area (Å²) in [5.41, 5.74) is 9.09. The Balaban J connectivity index is 1.93. The Labute approximate surface area is 164 Å². The van der Waals surface area contributed by atoms with Crippen molar-refractivity contribution in [1.82, 2.24) is 0 Å². The maximum Gasteiger partial charge on any atom is 0.220 e. The van der Waals surface area contributed by atoms with E-state index in [1.54, 1.807) is 11.1 Å². The second-order valence-electron chi connectivity index (χ2n) is 8.06. The van der Waals surface area contributed by atoms with E-state index in [1.807, 2.05) is 0 Å². The van der Waals surface area contributed by atoms with Crippen LogP contribution >= 0.6 is 0 Å². The van der Waals surface area contributed by atoms with Crippen LogP contribution in [-0.2, 0) is 18.3 Å². The fraction of sp³-hybridized carbons (Fsp3) is 0.423. The molecule has 1 nitrogen and oxygen atoms in total. The van der Waals surface area contributed by atoms with Crippen molar-refractivity contribution >= 4 is 5.71 Å². The lowest BCUT2D eigenvalue weighted by Gasteiger charge is -2.29. The average Bonchev–Trinajstić information content (AvgIpc) is 2.87. The molecule has 27 heavy (non-hydrogen) atoms. The molecule has 0 unspecified atom stereocenters. The Hall–Kier alpha value is -2.15. The van der Waals surface area contributed by atoms with Gasteiger partial charge in [-0.25, -0.2) is 0 Å². The van der Waals surface area contributed by atoms with Crippen LogP contribution in [0.1, 0.15) is 74.3 Å². The molecule has 0 amide bonds. The summed E-state index contributed by atoms with van der Waals surface area (Å²) in [7, 11) is 0. The van der Waals surface area contributed by atoms with E-state index in [9.17, 15) is 0 Å². The number of aryl methyl sites for hydroxylation is 1. The Morgan fingerprint density at radius 1 is 0.926 bits per heavy atom. The van der Waals surface area contributed by atoms with Crippen molar-refractivity contribution in [1.29, 1.82) is 0 Å². The van der Waals surface area contributed by atoms with Crippen LogP contribution in [-0.4, -0.2) is 16.8 Å². The Morgan fingerprint density at radius 3 is 2.48 bits per heavy atom. The van der Waals surface area contributed by atoms with Crippen molar-refractivity contribution in [2.45, 2.75) is 64.7 Å². The second kappa shape index (κ2) is 7.46. The summed E-state index contributed by atoms with van der Waals surface area (Å²) >= 11 is 0. The highest BCUT2D eigenvalue weighted by molar-refractivity contribution is 6.12. The third-order valence-electron chi connectivity index (χ3n) is 6.77. The minimum absolute atomic E-state index is 0.140. The Kier molecular flexibility index (Phi) is 5.04. The molecule has 0 saturated carbocycles. The molecule has 0 atom stereocenters. The highest BCUT2D eigenvalue weighted by Gasteiger charge is 2.37. The number of rotatable bonds is 5.